The molecule has 0 bridgehead atoms. The van der Waals surface area contributed by atoms with Gasteiger partial charge >= 0.3 is 0 Å². The summed E-state index contributed by atoms with van der Waals surface area (Å²) in [4.78, 5) is 3.86. The minimum atomic E-state index is -0.445. The summed E-state index contributed by atoms with van der Waals surface area (Å²) in [6.45, 7) is 8.47. The van der Waals surface area contributed by atoms with Gasteiger partial charge in [0.25, 0.3) is 0 Å². The molecule has 0 aliphatic rings. The third kappa shape index (κ3) is 3.42. The van der Waals surface area contributed by atoms with Crippen molar-refractivity contribution >= 4 is 0 Å². The minimum Gasteiger partial charge on any atom is -0.479 e. The number of methoxy groups -OCH3 is 1. The van der Waals surface area contributed by atoms with Crippen LogP contribution in [0.5, 0.6) is 5.88 Å². The summed E-state index contributed by atoms with van der Waals surface area (Å²) in [6.07, 6.45) is 1.54. The molecule has 1 unspecified atom stereocenters. The summed E-state index contributed by atoms with van der Waals surface area (Å²) in [7, 11) is 1.41. The van der Waals surface area contributed by atoms with E-state index in [0.29, 0.717) is 17.4 Å². The second-order valence-electron chi connectivity index (χ2n) is 5.43. The highest BCUT2D eigenvalue weighted by Gasteiger charge is 2.30. The first-order valence-corrected chi connectivity index (χ1v) is 6.58. The van der Waals surface area contributed by atoms with E-state index in [1.807, 2.05) is 0 Å². The van der Waals surface area contributed by atoms with E-state index in [1.54, 1.807) is 12.3 Å². The normalized spacial score (nSPS) is 13.4. The summed E-state index contributed by atoms with van der Waals surface area (Å²) < 4.78 is 19.2. The molecule has 0 fully saturated rings. The van der Waals surface area contributed by atoms with Crippen LogP contribution in [0.4, 0.5) is 4.39 Å². The molecule has 0 saturated heterocycles. The second-order valence-corrected chi connectivity index (χ2v) is 5.43. The van der Waals surface area contributed by atoms with Crippen molar-refractivity contribution in [1.29, 1.82) is 0 Å². The van der Waals surface area contributed by atoms with Gasteiger partial charge in [-0.15, -0.1) is 0 Å². The zero-order valence-corrected chi connectivity index (χ0v) is 12.3. The summed E-state index contributed by atoms with van der Waals surface area (Å²) in [6, 6.07) is 1.39. The zero-order chi connectivity index (χ0) is 14.6. The Bertz CT molecular complexity index is 402. The van der Waals surface area contributed by atoms with Crippen molar-refractivity contribution in [3.8, 4) is 5.88 Å². The van der Waals surface area contributed by atoms with Gasteiger partial charge in [0.1, 0.15) is 0 Å². The average Bonchev–Trinajstić information content (AvgIpc) is 2.35. The molecular formula is C14H24FN3O. The standard InChI is InChI=1S/C14H24FN3O/c1-8(2)11(9(3)4)13(18-16)10-6-7-17-14(19-5)12(10)15/h6-9,11,13,18H,16H2,1-5H3. The third-order valence-electron chi connectivity index (χ3n) is 3.52. The lowest BCUT2D eigenvalue weighted by Gasteiger charge is -2.33. The molecule has 0 radical (unpaired) electrons. The van der Waals surface area contributed by atoms with E-state index >= 15 is 0 Å². The van der Waals surface area contributed by atoms with Crippen molar-refractivity contribution in [2.45, 2.75) is 33.7 Å². The van der Waals surface area contributed by atoms with Gasteiger partial charge in [0, 0.05) is 11.8 Å². The van der Waals surface area contributed by atoms with Crippen LogP contribution in [-0.4, -0.2) is 12.1 Å². The number of nitrogens with one attached hydrogen (secondary N) is 1. The van der Waals surface area contributed by atoms with Crippen molar-refractivity contribution in [3.63, 3.8) is 0 Å². The van der Waals surface area contributed by atoms with Crippen LogP contribution < -0.4 is 16.0 Å². The van der Waals surface area contributed by atoms with Crippen LogP contribution in [0.25, 0.3) is 0 Å². The summed E-state index contributed by atoms with van der Waals surface area (Å²) >= 11 is 0. The Morgan fingerprint density at radius 1 is 1.26 bits per heavy atom. The van der Waals surface area contributed by atoms with Gasteiger partial charge < -0.3 is 4.74 Å². The molecule has 0 aliphatic carbocycles. The number of hydrogen-bond donors (Lipinski definition) is 2. The maximum absolute atomic E-state index is 14.3. The Kier molecular flexibility index (Phi) is 5.69. The summed E-state index contributed by atoms with van der Waals surface area (Å²) in [5.74, 6) is 6.19. The molecule has 1 aromatic rings. The van der Waals surface area contributed by atoms with Gasteiger partial charge in [0.2, 0.25) is 5.88 Å². The topological polar surface area (TPSA) is 60.2 Å². The Hall–Kier alpha value is -1.20. The number of halogens is 1. The molecule has 1 atom stereocenters. The molecular weight excluding hydrogens is 245 g/mol. The predicted octanol–water partition coefficient (Wildman–Crippen LogP) is 2.66. The molecule has 1 heterocycles. The van der Waals surface area contributed by atoms with Gasteiger partial charge in [-0.25, -0.2) is 9.37 Å². The van der Waals surface area contributed by atoms with Gasteiger partial charge in [-0.1, -0.05) is 27.7 Å². The first-order chi connectivity index (χ1) is 8.93. The number of ether oxygens (including phenoxy) is 1. The van der Waals surface area contributed by atoms with Gasteiger partial charge in [-0.3, -0.25) is 11.3 Å². The molecule has 108 valence electrons. The second kappa shape index (κ2) is 6.82. The van der Waals surface area contributed by atoms with E-state index in [0.717, 1.165) is 0 Å². The van der Waals surface area contributed by atoms with E-state index in [2.05, 4.69) is 38.1 Å². The molecule has 0 saturated carbocycles. The first-order valence-electron chi connectivity index (χ1n) is 6.58. The summed E-state index contributed by atoms with van der Waals surface area (Å²) in [5, 5.41) is 0. The molecule has 3 N–H and O–H groups in total. The highest BCUT2D eigenvalue weighted by molar-refractivity contribution is 5.27. The Morgan fingerprint density at radius 3 is 2.26 bits per heavy atom. The number of rotatable bonds is 6. The number of pyridine rings is 1. The molecule has 4 nitrogen and oxygen atoms in total. The van der Waals surface area contributed by atoms with E-state index in [-0.39, 0.29) is 17.8 Å². The number of hydrazine groups is 1. The molecule has 1 rings (SSSR count). The lowest BCUT2D eigenvalue weighted by molar-refractivity contribution is 0.206. The largest absolute Gasteiger partial charge is 0.479 e. The fourth-order valence-electron chi connectivity index (χ4n) is 2.77. The highest BCUT2D eigenvalue weighted by atomic mass is 19.1. The summed E-state index contributed by atoms with van der Waals surface area (Å²) in [5.41, 5.74) is 3.25. The predicted molar refractivity (Wildman–Crippen MR) is 74.0 cm³/mol. The quantitative estimate of drug-likeness (QED) is 0.615. The fourth-order valence-corrected chi connectivity index (χ4v) is 2.77. The average molecular weight is 269 g/mol. The van der Waals surface area contributed by atoms with Crippen molar-refractivity contribution < 1.29 is 9.13 Å². The van der Waals surface area contributed by atoms with Crippen molar-refractivity contribution in [1.82, 2.24) is 10.4 Å². The van der Waals surface area contributed by atoms with Crippen LogP contribution in [-0.2, 0) is 0 Å². The van der Waals surface area contributed by atoms with Crippen LogP contribution in [0.1, 0.15) is 39.3 Å². The molecule has 19 heavy (non-hydrogen) atoms. The van der Waals surface area contributed by atoms with Crippen molar-refractivity contribution in [3.05, 3.63) is 23.6 Å². The first kappa shape index (κ1) is 15.9. The van der Waals surface area contributed by atoms with Gasteiger partial charge in [0.05, 0.1) is 13.2 Å². The van der Waals surface area contributed by atoms with E-state index in [9.17, 15) is 4.39 Å². The molecule has 0 amide bonds. The van der Waals surface area contributed by atoms with Crippen molar-refractivity contribution in [2.24, 2.45) is 23.6 Å². The third-order valence-corrected chi connectivity index (χ3v) is 3.52. The van der Waals surface area contributed by atoms with E-state index in [1.165, 1.54) is 7.11 Å². The zero-order valence-electron chi connectivity index (χ0n) is 12.3. The molecule has 5 heteroatoms. The number of nitrogens with zero attached hydrogens (tertiary/aromatic N) is 1. The fraction of sp³-hybridized carbons (Fsp3) is 0.643. The van der Waals surface area contributed by atoms with E-state index in [4.69, 9.17) is 10.6 Å². The maximum Gasteiger partial charge on any atom is 0.250 e. The molecule has 0 aromatic carbocycles. The van der Waals surface area contributed by atoms with Crippen LogP contribution in [0.2, 0.25) is 0 Å². The highest BCUT2D eigenvalue weighted by Crippen LogP contribution is 2.35. The van der Waals surface area contributed by atoms with Crippen LogP contribution in [0, 0.1) is 23.6 Å². The molecule has 0 aliphatic heterocycles. The van der Waals surface area contributed by atoms with Gasteiger partial charge in [-0.2, -0.15) is 0 Å². The number of aromatic nitrogens is 1. The lowest BCUT2D eigenvalue weighted by atomic mass is 9.77. The number of hydrogen-bond acceptors (Lipinski definition) is 4. The Labute approximate surface area is 114 Å². The van der Waals surface area contributed by atoms with Crippen LogP contribution >= 0.6 is 0 Å². The van der Waals surface area contributed by atoms with E-state index < -0.39 is 5.82 Å². The van der Waals surface area contributed by atoms with Crippen molar-refractivity contribution in [2.75, 3.05) is 7.11 Å². The molecule has 1 aromatic heterocycles. The minimum absolute atomic E-state index is 0.00372. The lowest BCUT2D eigenvalue weighted by Crippen LogP contribution is -2.38. The Morgan fingerprint density at radius 2 is 1.84 bits per heavy atom. The molecule has 0 spiro atoms. The smallest absolute Gasteiger partial charge is 0.250 e. The maximum atomic E-state index is 14.3. The Balaban J connectivity index is 3.22. The van der Waals surface area contributed by atoms with Crippen LogP contribution in [0.15, 0.2) is 12.3 Å². The monoisotopic (exact) mass is 269 g/mol. The van der Waals surface area contributed by atoms with Gasteiger partial charge in [0.15, 0.2) is 5.82 Å². The number of nitrogens with two attached hydrogens (primary N) is 1. The SMILES string of the molecule is COc1nccc(C(NN)C(C(C)C)C(C)C)c1F. The van der Waals surface area contributed by atoms with Gasteiger partial charge in [-0.05, 0) is 23.8 Å². The van der Waals surface area contributed by atoms with Crippen LogP contribution in [0.3, 0.4) is 0 Å².